The Bertz CT molecular complexity index is 722. The van der Waals surface area contributed by atoms with E-state index in [-0.39, 0.29) is 5.82 Å². The first kappa shape index (κ1) is 17.7. The number of carbonyl (C=O) groups is 2. The van der Waals surface area contributed by atoms with Crippen LogP contribution in [0.5, 0.6) is 0 Å². The molecule has 2 rings (SSSR count). The Morgan fingerprint density at radius 3 is 1.71 bits per heavy atom. The normalized spacial score (nSPS) is 11.0. The summed E-state index contributed by atoms with van der Waals surface area (Å²) < 4.78 is 12.9. The topological polar surface area (TPSA) is 58.2 Å². The fraction of sp³-hybridized carbons (Fsp3) is 0.263. The smallest absolute Gasteiger partial charge is 0.239 e. The maximum absolute atomic E-state index is 12.9. The molecule has 0 aliphatic heterocycles. The average molecular weight is 328 g/mol. The Morgan fingerprint density at radius 1 is 0.875 bits per heavy atom. The molecule has 0 saturated carbocycles. The fourth-order valence-corrected chi connectivity index (χ4v) is 2.03. The number of carbonyl (C=O) groups excluding carboxylic acids is 2. The van der Waals surface area contributed by atoms with E-state index in [0.29, 0.717) is 11.4 Å². The summed E-state index contributed by atoms with van der Waals surface area (Å²) in [6.45, 7) is 5.14. The molecular weight excluding hydrogens is 307 g/mol. The van der Waals surface area contributed by atoms with Gasteiger partial charge >= 0.3 is 0 Å². The van der Waals surface area contributed by atoms with Crippen molar-refractivity contribution in [1.29, 1.82) is 0 Å². The van der Waals surface area contributed by atoms with Crippen molar-refractivity contribution in [1.82, 2.24) is 0 Å². The molecule has 4 nitrogen and oxygen atoms in total. The summed E-state index contributed by atoms with van der Waals surface area (Å²) >= 11 is 0. The van der Waals surface area contributed by atoms with Gasteiger partial charge in [-0.2, -0.15) is 0 Å². The van der Waals surface area contributed by atoms with Gasteiger partial charge in [0.2, 0.25) is 11.8 Å². The zero-order chi connectivity index (χ0) is 17.7. The third kappa shape index (κ3) is 4.19. The molecule has 0 aliphatic rings. The lowest BCUT2D eigenvalue weighted by molar-refractivity contribution is -0.135. The Morgan fingerprint density at radius 2 is 1.29 bits per heavy atom. The maximum atomic E-state index is 12.9. The summed E-state index contributed by atoms with van der Waals surface area (Å²) in [5, 5.41) is 5.38. The maximum Gasteiger partial charge on any atom is 0.239 e. The number of benzene rings is 2. The Labute approximate surface area is 141 Å². The van der Waals surface area contributed by atoms with E-state index < -0.39 is 17.2 Å². The molecule has 126 valence electrons. The molecule has 0 saturated heterocycles. The number of rotatable bonds is 5. The number of hydrogen-bond donors (Lipinski definition) is 2. The van der Waals surface area contributed by atoms with Crippen LogP contribution in [-0.4, -0.2) is 11.8 Å². The summed E-state index contributed by atoms with van der Waals surface area (Å²) in [4.78, 5) is 24.8. The molecule has 2 aromatic carbocycles. The van der Waals surface area contributed by atoms with Gasteiger partial charge in [-0.05, 0) is 62.2 Å². The SMILES string of the molecule is CCc1ccc(NC(=O)C(C)(C)C(=O)Nc2ccc(F)cc2)cc1. The molecule has 0 radical (unpaired) electrons. The van der Waals surface area contributed by atoms with Crippen LogP contribution in [0.2, 0.25) is 0 Å². The molecule has 2 amide bonds. The highest BCUT2D eigenvalue weighted by Crippen LogP contribution is 2.22. The van der Waals surface area contributed by atoms with Gasteiger partial charge in [0.05, 0.1) is 0 Å². The van der Waals surface area contributed by atoms with Crippen LogP contribution in [0, 0.1) is 11.2 Å². The predicted octanol–water partition coefficient (Wildman–Crippen LogP) is 3.99. The van der Waals surface area contributed by atoms with Gasteiger partial charge in [0, 0.05) is 11.4 Å². The summed E-state index contributed by atoms with van der Waals surface area (Å²) in [5.41, 5.74) is 0.966. The van der Waals surface area contributed by atoms with Gasteiger partial charge in [-0.3, -0.25) is 9.59 Å². The first-order valence-electron chi connectivity index (χ1n) is 7.80. The minimum Gasteiger partial charge on any atom is -0.325 e. The van der Waals surface area contributed by atoms with Crippen molar-refractivity contribution >= 4 is 23.2 Å². The van der Waals surface area contributed by atoms with Crippen molar-refractivity contribution in [2.45, 2.75) is 27.2 Å². The first-order chi connectivity index (χ1) is 11.3. The summed E-state index contributed by atoms with van der Waals surface area (Å²) in [6.07, 6.45) is 0.916. The van der Waals surface area contributed by atoms with Gasteiger partial charge < -0.3 is 10.6 Å². The van der Waals surface area contributed by atoms with E-state index in [0.717, 1.165) is 6.42 Å². The molecule has 0 aliphatic carbocycles. The van der Waals surface area contributed by atoms with Gasteiger partial charge in [-0.15, -0.1) is 0 Å². The third-order valence-corrected chi connectivity index (χ3v) is 3.86. The van der Waals surface area contributed by atoms with Gasteiger partial charge in [0.25, 0.3) is 0 Å². The van der Waals surface area contributed by atoms with Gasteiger partial charge in [-0.1, -0.05) is 19.1 Å². The van der Waals surface area contributed by atoms with Crippen LogP contribution >= 0.6 is 0 Å². The number of aryl methyl sites for hydroxylation is 1. The third-order valence-electron chi connectivity index (χ3n) is 3.86. The zero-order valence-electron chi connectivity index (χ0n) is 14.0. The van der Waals surface area contributed by atoms with Crippen LogP contribution in [0.15, 0.2) is 48.5 Å². The lowest BCUT2D eigenvalue weighted by Gasteiger charge is -2.22. The van der Waals surface area contributed by atoms with Crippen LogP contribution in [-0.2, 0) is 16.0 Å². The second kappa shape index (κ2) is 7.25. The molecule has 0 unspecified atom stereocenters. The first-order valence-corrected chi connectivity index (χ1v) is 7.80. The zero-order valence-corrected chi connectivity index (χ0v) is 14.0. The summed E-state index contributed by atoms with van der Waals surface area (Å²) in [7, 11) is 0. The average Bonchev–Trinajstić information content (AvgIpc) is 2.57. The number of anilines is 2. The summed E-state index contributed by atoms with van der Waals surface area (Å²) in [6, 6.07) is 12.9. The van der Waals surface area contributed by atoms with Crippen LogP contribution in [0.25, 0.3) is 0 Å². The minimum atomic E-state index is -1.28. The van der Waals surface area contributed by atoms with Crippen LogP contribution in [0.1, 0.15) is 26.3 Å². The number of nitrogens with one attached hydrogen (secondary N) is 2. The molecule has 2 aromatic rings. The van der Waals surface area contributed by atoms with Crippen molar-refractivity contribution in [3.8, 4) is 0 Å². The molecule has 0 spiro atoms. The van der Waals surface area contributed by atoms with Gasteiger partial charge in [0.15, 0.2) is 0 Å². The number of amides is 2. The second-order valence-corrected chi connectivity index (χ2v) is 6.09. The van der Waals surface area contributed by atoms with E-state index in [1.54, 1.807) is 13.8 Å². The van der Waals surface area contributed by atoms with E-state index >= 15 is 0 Å². The molecule has 5 heteroatoms. The van der Waals surface area contributed by atoms with E-state index in [1.807, 2.05) is 24.3 Å². The van der Waals surface area contributed by atoms with Crippen molar-refractivity contribution in [3.63, 3.8) is 0 Å². The van der Waals surface area contributed by atoms with Crippen LogP contribution in [0.4, 0.5) is 15.8 Å². The molecule has 24 heavy (non-hydrogen) atoms. The van der Waals surface area contributed by atoms with Crippen molar-refractivity contribution in [2.24, 2.45) is 5.41 Å². The fourth-order valence-electron chi connectivity index (χ4n) is 2.03. The molecular formula is C19H21FN2O2. The lowest BCUT2D eigenvalue weighted by atomic mass is 9.90. The number of halogens is 1. The van der Waals surface area contributed by atoms with Gasteiger partial charge in [0.1, 0.15) is 11.2 Å². The largest absolute Gasteiger partial charge is 0.325 e. The van der Waals surface area contributed by atoms with E-state index in [9.17, 15) is 14.0 Å². The number of hydrogen-bond acceptors (Lipinski definition) is 2. The van der Waals surface area contributed by atoms with E-state index in [1.165, 1.54) is 29.8 Å². The van der Waals surface area contributed by atoms with Crippen LogP contribution in [0.3, 0.4) is 0 Å². The monoisotopic (exact) mass is 328 g/mol. The van der Waals surface area contributed by atoms with Crippen molar-refractivity contribution in [2.75, 3.05) is 10.6 Å². The molecule has 0 fully saturated rings. The van der Waals surface area contributed by atoms with E-state index in [2.05, 4.69) is 17.6 Å². The predicted molar refractivity (Wildman–Crippen MR) is 93.3 cm³/mol. The molecule has 0 aromatic heterocycles. The Hall–Kier alpha value is -2.69. The molecule has 0 atom stereocenters. The van der Waals surface area contributed by atoms with Crippen molar-refractivity contribution < 1.29 is 14.0 Å². The highest BCUT2D eigenvalue weighted by atomic mass is 19.1. The highest BCUT2D eigenvalue weighted by molar-refractivity contribution is 6.13. The molecule has 2 N–H and O–H groups in total. The van der Waals surface area contributed by atoms with Crippen molar-refractivity contribution in [3.05, 3.63) is 59.9 Å². The van der Waals surface area contributed by atoms with Crippen LogP contribution < -0.4 is 10.6 Å². The Balaban J connectivity index is 2.05. The van der Waals surface area contributed by atoms with E-state index in [4.69, 9.17) is 0 Å². The quantitative estimate of drug-likeness (QED) is 0.815. The Kier molecular flexibility index (Phi) is 5.34. The standard InChI is InChI=1S/C19H21FN2O2/c1-4-13-5-9-15(10-6-13)21-17(23)19(2,3)18(24)22-16-11-7-14(20)8-12-16/h5-12H,4H2,1-3H3,(H,21,23)(H,22,24). The highest BCUT2D eigenvalue weighted by Gasteiger charge is 2.36. The summed E-state index contributed by atoms with van der Waals surface area (Å²) in [5.74, 6) is -1.26. The molecule has 0 heterocycles. The minimum absolute atomic E-state index is 0.388. The second-order valence-electron chi connectivity index (χ2n) is 6.09. The lowest BCUT2D eigenvalue weighted by Crippen LogP contribution is -2.41. The van der Waals surface area contributed by atoms with Gasteiger partial charge in [-0.25, -0.2) is 4.39 Å². The molecule has 0 bridgehead atoms.